The molecule has 0 bridgehead atoms. The predicted molar refractivity (Wildman–Crippen MR) is 85.9 cm³/mol. The average Bonchev–Trinajstić information content (AvgIpc) is 2.31. The maximum Gasteiger partial charge on any atom is 0.0570 e. The van der Waals surface area contributed by atoms with E-state index in [1.807, 2.05) is 18.2 Å². The van der Waals surface area contributed by atoms with Crippen molar-refractivity contribution in [1.29, 1.82) is 0 Å². The van der Waals surface area contributed by atoms with Crippen molar-refractivity contribution in [2.24, 2.45) is 0 Å². The minimum absolute atomic E-state index is 0.283. The van der Waals surface area contributed by atoms with Crippen molar-refractivity contribution in [1.82, 2.24) is 0 Å². The van der Waals surface area contributed by atoms with Crippen molar-refractivity contribution in [2.75, 3.05) is 11.6 Å². The van der Waals surface area contributed by atoms with Gasteiger partial charge < -0.3 is 10.1 Å². The highest BCUT2D eigenvalue weighted by Crippen LogP contribution is 2.26. The molecule has 1 saturated heterocycles. The van der Waals surface area contributed by atoms with E-state index in [4.69, 9.17) is 16.3 Å². The van der Waals surface area contributed by atoms with Crippen LogP contribution >= 0.6 is 11.6 Å². The summed E-state index contributed by atoms with van der Waals surface area (Å²) in [6, 6.07) is 6.28. The van der Waals surface area contributed by atoms with Gasteiger partial charge in [0.05, 0.1) is 12.2 Å². The van der Waals surface area contributed by atoms with Gasteiger partial charge in [0.2, 0.25) is 0 Å². The molecule has 20 heavy (non-hydrogen) atoms. The molecule has 0 spiro atoms. The van der Waals surface area contributed by atoms with E-state index in [-0.39, 0.29) is 12.2 Å². The quantitative estimate of drug-likeness (QED) is 0.923. The number of hydrogen-bond acceptors (Lipinski definition) is 3. The molecular formula is C15H22ClNO2S. The van der Waals surface area contributed by atoms with E-state index < -0.39 is 10.8 Å². The third-order valence-corrected chi connectivity index (χ3v) is 4.56. The molecule has 5 heteroatoms. The van der Waals surface area contributed by atoms with E-state index in [9.17, 15) is 4.21 Å². The van der Waals surface area contributed by atoms with Gasteiger partial charge in [-0.3, -0.25) is 4.21 Å². The Kier molecular flexibility index (Phi) is 5.47. The molecule has 1 aliphatic rings. The molecule has 3 nitrogen and oxygen atoms in total. The molecule has 112 valence electrons. The highest BCUT2D eigenvalue weighted by molar-refractivity contribution is 7.83. The lowest BCUT2D eigenvalue weighted by Crippen LogP contribution is -2.36. The molecule has 1 aromatic rings. The van der Waals surface area contributed by atoms with E-state index in [1.54, 1.807) is 6.26 Å². The van der Waals surface area contributed by atoms with Crippen molar-refractivity contribution in [2.45, 2.75) is 50.7 Å². The second-order valence-corrected chi connectivity index (χ2v) is 7.44. The summed E-state index contributed by atoms with van der Waals surface area (Å²) in [5.41, 5.74) is 1.98. The van der Waals surface area contributed by atoms with Gasteiger partial charge in [-0.15, -0.1) is 0 Å². The first kappa shape index (κ1) is 15.8. The van der Waals surface area contributed by atoms with Crippen LogP contribution in [0.1, 0.15) is 32.3 Å². The normalized spacial score (nSPS) is 28.1. The SMILES string of the molecule is C[C@@H]1CC(Nc2ccc(Cl)c(C[S@@](C)=O)c2)C[C@@H](C)O1. The molecule has 1 heterocycles. The second-order valence-electron chi connectivity index (χ2n) is 5.59. The maximum atomic E-state index is 11.4. The summed E-state index contributed by atoms with van der Waals surface area (Å²) in [6.45, 7) is 4.22. The Balaban J connectivity index is 2.07. The van der Waals surface area contributed by atoms with Crippen LogP contribution in [0.5, 0.6) is 0 Å². The van der Waals surface area contributed by atoms with Crippen LogP contribution in [0.3, 0.4) is 0 Å². The van der Waals surface area contributed by atoms with Crippen LogP contribution in [0.4, 0.5) is 5.69 Å². The standard InChI is InChI=1S/C15H22ClNO2S/c1-10-6-14(7-11(2)19-10)17-13-4-5-15(16)12(8-13)9-20(3)18/h4-5,8,10-11,14,17H,6-7,9H2,1-3H3/t10-,11-,20-/m1/s1. The van der Waals surface area contributed by atoms with Crippen LogP contribution < -0.4 is 5.32 Å². The molecule has 1 N–H and O–H groups in total. The Bertz CT molecular complexity index is 485. The second kappa shape index (κ2) is 6.92. The first-order valence-electron chi connectivity index (χ1n) is 6.94. The number of hydrogen-bond donors (Lipinski definition) is 1. The van der Waals surface area contributed by atoms with Crippen molar-refractivity contribution in [3.63, 3.8) is 0 Å². The van der Waals surface area contributed by atoms with Crippen LogP contribution in [-0.2, 0) is 21.3 Å². The van der Waals surface area contributed by atoms with Gasteiger partial charge in [-0.25, -0.2) is 0 Å². The fraction of sp³-hybridized carbons (Fsp3) is 0.600. The van der Waals surface area contributed by atoms with Crippen LogP contribution in [0.15, 0.2) is 18.2 Å². The molecule has 0 amide bonds. The maximum absolute atomic E-state index is 11.4. The highest BCUT2D eigenvalue weighted by Gasteiger charge is 2.24. The largest absolute Gasteiger partial charge is 0.382 e. The van der Waals surface area contributed by atoms with Crippen molar-refractivity contribution in [3.05, 3.63) is 28.8 Å². The molecule has 1 aliphatic heterocycles. The Morgan fingerprint density at radius 2 is 2.00 bits per heavy atom. The topological polar surface area (TPSA) is 38.3 Å². The van der Waals surface area contributed by atoms with Gasteiger partial charge in [-0.1, -0.05) is 11.6 Å². The van der Waals surface area contributed by atoms with Crippen LogP contribution in [0.25, 0.3) is 0 Å². The van der Waals surface area contributed by atoms with Crippen molar-refractivity contribution >= 4 is 28.1 Å². The summed E-state index contributed by atoms with van der Waals surface area (Å²) in [6.07, 6.45) is 4.26. The number of rotatable bonds is 4. The van der Waals surface area contributed by atoms with E-state index in [1.165, 1.54) is 0 Å². The highest BCUT2D eigenvalue weighted by atomic mass is 35.5. The summed E-state index contributed by atoms with van der Waals surface area (Å²) in [5.74, 6) is 0.495. The minimum Gasteiger partial charge on any atom is -0.382 e. The lowest BCUT2D eigenvalue weighted by Gasteiger charge is -2.33. The van der Waals surface area contributed by atoms with Gasteiger partial charge in [0, 0.05) is 39.6 Å². The number of halogens is 1. The predicted octanol–water partition coefficient (Wildman–Crippen LogP) is 3.59. The fourth-order valence-corrected chi connectivity index (χ4v) is 3.69. The third kappa shape index (κ3) is 4.47. The Hall–Kier alpha value is -0.580. The molecule has 0 unspecified atom stereocenters. The summed E-state index contributed by atoms with van der Waals surface area (Å²) in [7, 11) is -0.885. The van der Waals surface area contributed by atoms with E-state index in [2.05, 4.69) is 19.2 Å². The Morgan fingerprint density at radius 3 is 2.60 bits per heavy atom. The zero-order valence-electron chi connectivity index (χ0n) is 12.2. The third-order valence-electron chi connectivity index (χ3n) is 3.47. The molecule has 0 aromatic heterocycles. The van der Waals surface area contributed by atoms with Crippen LogP contribution in [0, 0.1) is 0 Å². The van der Waals surface area contributed by atoms with Gasteiger partial charge in [0.15, 0.2) is 0 Å². The van der Waals surface area contributed by atoms with Crippen molar-refractivity contribution in [3.8, 4) is 0 Å². The molecule has 2 rings (SSSR count). The monoisotopic (exact) mass is 315 g/mol. The summed E-state index contributed by atoms with van der Waals surface area (Å²) in [4.78, 5) is 0. The molecule has 1 aromatic carbocycles. The molecule has 1 fully saturated rings. The number of nitrogens with one attached hydrogen (secondary N) is 1. The van der Waals surface area contributed by atoms with Crippen molar-refractivity contribution < 1.29 is 8.95 Å². The first-order chi connectivity index (χ1) is 9.44. The molecule has 0 saturated carbocycles. The Morgan fingerprint density at radius 1 is 1.35 bits per heavy atom. The lowest BCUT2D eigenvalue weighted by molar-refractivity contribution is -0.0337. The molecular weight excluding hydrogens is 294 g/mol. The van der Waals surface area contributed by atoms with Gasteiger partial charge in [-0.05, 0) is 50.5 Å². The van der Waals surface area contributed by atoms with E-state index >= 15 is 0 Å². The van der Waals surface area contributed by atoms with Gasteiger partial charge in [-0.2, -0.15) is 0 Å². The van der Waals surface area contributed by atoms with Gasteiger partial charge in [0.1, 0.15) is 0 Å². The molecule has 0 aliphatic carbocycles. The smallest absolute Gasteiger partial charge is 0.0570 e. The Labute approximate surface area is 128 Å². The van der Waals surface area contributed by atoms with Gasteiger partial charge >= 0.3 is 0 Å². The number of benzene rings is 1. The zero-order valence-corrected chi connectivity index (χ0v) is 13.8. The number of ether oxygens (including phenoxy) is 1. The van der Waals surface area contributed by atoms with E-state index in [0.29, 0.717) is 16.8 Å². The number of anilines is 1. The van der Waals surface area contributed by atoms with Crippen LogP contribution in [0.2, 0.25) is 5.02 Å². The minimum atomic E-state index is -0.885. The fourth-order valence-electron chi connectivity index (χ4n) is 2.75. The lowest BCUT2D eigenvalue weighted by atomic mass is 9.99. The van der Waals surface area contributed by atoms with Gasteiger partial charge in [0.25, 0.3) is 0 Å². The van der Waals surface area contributed by atoms with E-state index in [0.717, 1.165) is 24.1 Å². The molecule has 3 atom stereocenters. The molecule has 0 radical (unpaired) electrons. The average molecular weight is 316 g/mol. The summed E-state index contributed by atoms with van der Waals surface area (Å²) >= 11 is 6.15. The first-order valence-corrected chi connectivity index (χ1v) is 9.05. The summed E-state index contributed by atoms with van der Waals surface area (Å²) < 4.78 is 17.1. The zero-order chi connectivity index (χ0) is 14.7. The summed E-state index contributed by atoms with van der Waals surface area (Å²) in [5, 5.41) is 4.23. The van der Waals surface area contributed by atoms with Crippen LogP contribution in [-0.4, -0.2) is 28.7 Å².